The summed E-state index contributed by atoms with van der Waals surface area (Å²) in [5, 5.41) is 0.926. The minimum absolute atomic E-state index is 0.151. The summed E-state index contributed by atoms with van der Waals surface area (Å²) < 4.78 is 13.3. The number of aromatic amines is 1. The molecule has 1 saturated heterocycles. The summed E-state index contributed by atoms with van der Waals surface area (Å²) in [6, 6.07) is 5.08. The molecule has 124 valence electrons. The first-order valence-corrected chi connectivity index (χ1v) is 8.19. The van der Waals surface area contributed by atoms with Gasteiger partial charge in [0.1, 0.15) is 5.82 Å². The molecular weight excluding hydrogens is 293 g/mol. The molecule has 3 rings (SSSR count). The lowest BCUT2D eigenvalue weighted by atomic mass is 10.0. The monoisotopic (exact) mass is 317 g/mol. The van der Waals surface area contributed by atoms with Crippen LogP contribution < -0.4 is 0 Å². The summed E-state index contributed by atoms with van der Waals surface area (Å²) in [5.41, 5.74) is 1.68. The molecule has 0 saturated carbocycles. The van der Waals surface area contributed by atoms with Gasteiger partial charge in [-0.1, -0.05) is 13.3 Å². The largest absolute Gasteiger partial charge is 0.361 e. The fraction of sp³-hybridized carbons (Fsp3) is 0.500. The van der Waals surface area contributed by atoms with Crippen LogP contribution in [0.4, 0.5) is 4.39 Å². The van der Waals surface area contributed by atoms with Crippen molar-refractivity contribution in [3.05, 3.63) is 35.8 Å². The quantitative estimate of drug-likeness (QED) is 0.941. The van der Waals surface area contributed by atoms with Crippen molar-refractivity contribution >= 4 is 16.8 Å². The Labute approximate surface area is 136 Å². The lowest BCUT2D eigenvalue weighted by Crippen LogP contribution is -2.36. The maximum Gasteiger partial charge on any atom is 0.227 e. The maximum absolute atomic E-state index is 13.3. The van der Waals surface area contributed by atoms with Crippen molar-refractivity contribution in [1.29, 1.82) is 0 Å². The lowest BCUT2D eigenvalue weighted by Gasteiger charge is -2.23. The molecule has 2 atom stereocenters. The molecule has 1 aromatic heterocycles. The van der Waals surface area contributed by atoms with Crippen molar-refractivity contribution < 1.29 is 9.18 Å². The Morgan fingerprint density at radius 1 is 1.39 bits per heavy atom. The smallest absolute Gasteiger partial charge is 0.227 e. The standard InChI is InChI=1S/C18H24FN3O/c1-4-12-10-22(11-17(12)21(2)3)18(23)7-13-9-20-16-8-14(19)5-6-15(13)16/h5-6,8-9,12,17,20H,4,7,10-11H2,1-3H3/t12-,17+/m0/s1. The van der Waals surface area contributed by atoms with E-state index in [1.807, 2.05) is 11.1 Å². The van der Waals surface area contributed by atoms with Gasteiger partial charge in [0.25, 0.3) is 0 Å². The first kappa shape index (κ1) is 16.0. The maximum atomic E-state index is 13.3. The average molecular weight is 317 g/mol. The van der Waals surface area contributed by atoms with E-state index in [2.05, 4.69) is 30.9 Å². The van der Waals surface area contributed by atoms with Crippen molar-refractivity contribution in [2.24, 2.45) is 5.92 Å². The van der Waals surface area contributed by atoms with Crippen LogP contribution in [0.5, 0.6) is 0 Å². The molecule has 0 spiro atoms. The zero-order valence-corrected chi connectivity index (χ0v) is 14.0. The van der Waals surface area contributed by atoms with Crippen molar-refractivity contribution in [2.45, 2.75) is 25.8 Å². The SMILES string of the molecule is CC[C@H]1CN(C(=O)Cc2c[nH]c3cc(F)ccc23)C[C@H]1N(C)C. The summed E-state index contributed by atoms with van der Waals surface area (Å²) in [6.45, 7) is 3.81. The third kappa shape index (κ3) is 3.11. The van der Waals surface area contributed by atoms with Crippen LogP contribution in [0.2, 0.25) is 0 Å². The number of likely N-dealkylation sites (N-methyl/N-ethyl adjacent to an activating group) is 1. The molecule has 0 unspecified atom stereocenters. The van der Waals surface area contributed by atoms with Gasteiger partial charge in [-0.05, 0) is 43.8 Å². The molecule has 5 heteroatoms. The highest BCUT2D eigenvalue weighted by molar-refractivity contribution is 5.89. The molecule has 1 aromatic carbocycles. The van der Waals surface area contributed by atoms with Gasteiger partial charge in [-0.3, -0.25) is 4.79 Å². The van der Waals surface area contributed by atoms with E-state index in [9.17, 15) is 9.18 Å². The third-order valence-corrected chi connectivity index (χ3v) is 5.02. The van der Waals surface area contributed by atoms with E-state index in [4.69, 9.17) is 0 Å². The Balaban J connectivity index is 1.74. The minimum Gasteiger partial charge on any atom is -0.361 e. The highest BCUT2D eigenvalue weighted by Crippen LogP contribution is 2.25. The topological polar surface area (TPSA) is 39.3 Å². The number of carbonyl (C=O) groups is 1. The van der Waals surface area contributed by atoms with Crippen LogP contribution in [0.25, 0.3) is 10.9 Å². The predicted molar refractivity (Wildman–Crippen MR) is 89.8 cm³/mol. The number of nitrogens with one attached hydrogen (secondary N) is 1. The minimum atomic E-state index is -0.267. The zero-order chi connectivity index (χ0) is 16.6. The van der Waals surface area contributed by atoms with Gasteiger partial charge in [-0.2, -0.15) is 0 Å². The number of aromatic nitrogens is 1. The highest BCUT2D eigenvalue weighted by Gasteiger charge is 2.35. The number of halogens is 1. The van der Waals surface area contributed by atoms with Crippen LogP contribution in [0.15, 0.2) is 24.4 Å². The zero-order valence-electron chi connectivity index (χ0n) is 14.0. The van der Waals surface area contributed by atoms with Gasteiger partial charge in [-0.25, -0.2) is 4.39 Å². The number of nitrogens with zero attached hydrogens (tertiary/aromatic N) is 2. The molecule has 23 heavy (non-hydrogen) atoms. The van der Waals surface area contributed by atoms with Gasteiger partial charge >= 0.3 is 0 Å². The van der Waals surface area contributed by atoms with Crippen LogP contribution in [0.3, 0.4) is 0 Å². The van der Waals surface area contributed by atoms with E-state index in [1.165, 1.54) is 12.1 Å². The average Bonchev–Trinajstić information content (AvgIpc) is 3.11. The van der Waals surface area contributed by atoms with E-state index in [-0.39, 0.29) is 11.7 Å². The van der Waals surface area contributed by atoms with Crippen LogP contribution >= 0.6 is 0 Å². The molecule has 1 fully saturated rings. The second-order valence-electron chi connectivity index (χ2n) is 6.68. The Morgan fingerprint density at radius 3 is 2.83 bits per heavy atom. The molecule has 0 radical (unpaired) electrons. The Hall–Kier alpha value is -1.88. The Bertz CT molecular complexity index is 709. The molecule has 2 heterocycles. The molecule has 1 N–H and O–H groups in total. The second-order valence-corrected chi connectivity index (χ2v) is 6.68. The van der Waals surface area contributed by atoms with Gasteiger partial charge in [0.2, 0.25) is 5.91 Å². The molecule has 4 nitrogen and oxygen atoms in total. The number of likely N-dealkylation sites (tertiary alicyclic amines) is 1. The molecule has 2 aromatic rings. The van der Waals surface area contributed by atoms with Crippen molar-refractivity contribution in [3.8, 4) is 0 Å². The number of amides is 1. The summed E-state index contributed by atoms with van der Waals surface area (Å²) >= 11 is 0. The fourth-order valence-electron chi connectivity index (χ4n) is 3.62. The number of hydrogen-bond donors (Lipinski definition) is 1. The van der Waals surface area contributed by atoms with Crippen LogP contribution in [-0.2, 0) is 11.2 Å². The summed E-state index contributed by atoms with van der Waals surface area (Å²) in [7, 11) is 4.16. The molecule has 1 aliphatic rings. The second kappa shape index (κ2) is 6.32. The van der Waals surface area contributed by atoms with Crippen LogP contribution in [0.1, 0.15) is 18.9 Å². The van der Waals surface area contributed by atoms with Crippen LogP contribution in [-0.4, -0.2) is 53.9 Å². The molecule has 0 aliphatic carbocycles. The van der Waals surface area contributed by atoms with Gasteiger partial charge in [0, 0.05) is 36.2 Å². The van der Waals surface area contributed by atoms with E-state index in [1.54, 1.807) is 6.07 Å². The summed E-state index contributed by atoms with van der Waals surface area (Å²) in [5.74, 6) is 0.417. The number of carbonyl (C=O) groups excluding carboxylic acids is 1. The van der Waals surface area contributed by atoms with Crippen LogP contribution in [0, 0.1) is 11.7 Å². The van der Waals surface area contributed by atoms with E-state index in [0.29, 0.717) is 18.4 Å². The Kier molecular flexibility index (Phi) is 4.39. The lowest BCUT2D eigenvalue weighted by molar-refractivity contribution is -0.129. The molecule has 1 aliphatic heterocycles. The van der Waals surface area contributed by atoms with Crippen molar-refractivity contribution in [2.75, 3.05) is 27.2 Å². The van der Waals surface area contributed by atoms with Gasteiger partial charge in [0.05, 0.1) is 6.42 Å². The summed E-state index contributed by atoms with van der Waals surface area (Å²) in [4.78, 5) is 19.9. The van der Waals surface area contributed by atoms with Crippen molar-refractivity contribution in [1.82, 2.24) is 14.8 Å². The van der Waals surface area contributed by atoms with Gasteiger partial charge in [-0.15, -0.1) is 0 Å². The van der Waals surface area contributed by atoms with Gasteiger partial charge in [0.15, 0.2) is 0 Å². The third-order valence-electron chi connectivity index (χ3n) is 5.02. The van der Waals surface area contributed by atoms with Gasteiger partial charge < -0.3 is 14.8 Å². The first-order chi connectivity index (χ1) is 11.0. The number of fused-ring (bicyclic) bond motifs is 1. The number of benzene rings is 1. The number of rotatable bonds is 4. The fourth-order valence-corrected chi connectivity index (χ4v) is 3.62. The number of H-pyrrole nitrogens is 1. The van der Waals surface area contributed by atoms with E-state index >= 15 is 0 Å². The van der Waals surface area contributed by atoms with E-state index in [0.717, 1.165) is 36.0 Å². The Morgan fingerprint density at radius 2 is 2.17 bits per heavy atom. The van der Waals surface area contributed by atoms with Crippen molar-refractivity contribution in [3.63, 3.8) is 0 Å². The number of hydrogen-bond acceptors (Lipinski definition) is 2. The molecule has 0 bridgehead atoms. The predicted octanol–water partition coefficient (Wildman–Crippen LogP) is 2.65. The highest BCUT2D eigenvalue weighted by atomic mass is 19.1. The molecule has 1 amide bonds. The normalized spacial score (nSPS) is 21.5. The molecular formula is C18H24FN3O. The van der Waals surface area contributed by atoms with E-state index < -0.39 is 0 Å². The summed E-state index contributed by atoms with van der Waals surface area (Å²) in [6.07, 6.45) is 3.26. The first-order valence-electron chi connectivity index (χ1n) is 8.19.